The highest BCUT2D eigenvalue weighted by Gasteiger charge is 2.12. The largest absolute Gasteiger partial charge is 0.454 e. The fourth-order valence-electron chi connectivity index (χ4n) is 2.84. The summed E-state index contributed by atoms with van der Waals surface area (Å²) in [7, 11) is 0. The molecule has 0 spiro atoms. The second-order valence-corrected chi connectivity index (χ2v) is 6.25. The van der Waals surface area contributed by atoms with Crippen LogP contribution in [-0.2, 0) is 6.54 Å². The minimum atomic E-state index is 0.307. The van der Waals surface area contributed by atoms with E-state index in [4.69, 9.17) is 21.1 Å². The van der Waals surface area contributed by atoms with E-state index in [1.54, 1.807) is 6.20 Å². The van der Waals surface area contributed by atoms with Crippen molar-refractivity contribution in [1.82, 2.24) is 10.3 Å². The maximum absolute atomic E-state index is 6.02. The summed E-state index contributed by atoms with van der Waals surface area (Å²) in [5.74, 6) is 1.63. The second-order valence-electron chi connectivity index (χ2n) is 5.81. The number of hydrogen-bond acceptors (Lipinski definition) is 5. The molecule has 128 valence electrons. The Balaban J connectivity index is 1.30. The van der Waals surface area contributed by atoms with Crippen molar-refractivity contribution in [3.05, 3.63) is 59.2 Å². The Morgan fingerprint density at radius 3 is 2.88 bits per heavy atom. The van der Waals surface area contributed by atoms with Crippen LogP contribution in [0.15, 0.2) is 48.7 Å². The predicted molar refractivity (Wildman–Crippen MR) is 99.5 cm³/mol. The monoisotopic (exact) mass is 355 g/mol. The van der Waals surface area contributed by atoms with Crippen LogP contribution in [0.25, 0.3) is 10.9 Å². The molecule has 0 atom stereocenters. The number of hydrogen-bond donors (Lipinski definition) is 2. The van der Waals surface area contributed by atoms with Crippen molar-refractivity contribution < 1.29 is 9.47 Å². The highest BCUT2D eigenvalue weighted by molar-refractivity contribution is 6.31. The third-order valence-electron chi connectivity index (χ3n) is 4.09. The lowest BCUT2D eigenvalue weighted by molar-refractivity contribution is 0.174. The van der Waals surface area contributed by atoms with Gasteiger partial charge in [-0.2, -0.15) is 0 Å². The van der Waals surface area contributed by atoms with Gasteiger partial charge in [0.1, 0.15) is 0 Å². The van der Waals surface area contributed by atoms with Crippen molar-refractivity contribution >= 4 is 28.2 Å². The summed E-state index contributed by atoms with van der Waals surface area (Å²) in [5.41, 5.74) is 3.13. The van der Waals surface area contributed by atoms with Crippen LogP contribution >= 0.6 is 11.6 Å². The van der Waals surface area contributed by atoms with Gasteiger partial charge in [0.05, 0.1) is 5.52 Å². The van der Waals surface area contributed by atoms with Crippen molar-refractivity contribution in [2.24, 2.45) is 0 Å². The van der Waals surface area contributed by atoms with Gasteiger partial charge in [-0.3, -0.25) is 4.98 Å². The summed E-state index contributed by atoms with van der Waals surface area (Å²) in [5, 5.41) is 8.64. The molecule has 2 N–H and O–H groups in total. The second kappa shape index (κ2) is 7.17. The van der Waals surface area contributed by atoms with Gasteiger partial charge in [-0.25, -0.2) is 0 Å². The van der Waals surface area contributed by atoms with Crippen LogP contribution in [0.5, 0.6) is 11.5 Å². The summed E-state index contributed by atoms with van der Waals surface area (Å²) < 4.78 is 10.7. The van der Waals surface area contributed by atoms with Gasteiger partial charge in [0.25, 0.3) is 0 Å². The standard InChI is InChI=1S/C19H18ClN3O2/c20-14-2-3-15-16(5-6-22-17(15)10-14)23-8-7-21-11-13-1-4-18-19(9-13)25-12-24-18/h1-6,9-10,21H,7-8,11-12H2,(H,22,23). The van der Waals surface area contributed by atoms with E-state index < -0.39 is 0 Å². The van der Waals surface area contributed by atoms with Gasteiger partial charge in [-0.05, 0) is 42.0 Å². The maximum Gasteiger partial charge on any atom is 0.231 e. The number of nitrogens with one attached hydrogen (secondary N) is 2. The number of halogens is 1. The van der Waals surface area contributed by atoms with Crippen molar-refractivity contribution in [3.63, 3.8) is 0 Å². The zero-order valence-corrected chi connectivity index (χ0v) is 14.3. The Bertz CT molecular complexity index is 901. The molecule has 3 aromatic rings. The number of pyridine rings is 1. The van der Waals surface area contributed by atoms with Crippen molar-refractivity contribution in [2.75, 3.05) is 25.2 Å². The number of aromatic nitrogens is 1. The van der Waals surface area contributed by atoms with Gasteiger partial charge in [0, 0.05) is 41.9 Å². The first-order valence-electron chi connectivity index (χ1n) is 8.17. The fourth-order valence-corrected chi connectivity index (χ4v) is 3.01. The maximum atomic E-state index is 6.02. The molecule has 2 heterocycles. The van der Waals surface area contributed by atoms with E-state index in [9.17, 15) is 0 Å². The minimum absolute atomic E-state index is 0.307. The molecule has 0 saturated heterocycles. The molecule has 0 radical (unpaired) electrons. The molecule has 0 saturated carbocycles. The molecule has 0 bridgehead atoms. The Morgan fingerprint density at radius 2 is 1.92 bits per heavy atom. The van der Waals surface area contributed by atoms with Crippen LogP contribution in [-0.4, -0.2) is 24.9 Å². The van der Waals surface area contributed by atoms with Gasteiger partial charge in [-0.15, -0.1) is 0 Å². The van der Waals surface area contributed by atoms with E-state index in [1.165, 1.54) is 5.56 Å². The molecule has 1 aromatic heterocycles. The third kappa shape index (κ3) is 3.62. The van der Waals surface area contributed by atoms with E-state index >= 15 is 0 Å². The summed E-state index contributed by atoms with van der Waals surface area (Å²) in [6.45, 7) is 2.74. The molecule has 0 fully saturated rings. The van der Waals surface area contributed by atoms with Crippen molar-refractivity contribution in [1.29, 1.82) is 0 Å². The summed E-state index contributed by atoms with van der Waals surface area (Å²) >= 11 is 6.02. The van der Waals surface area contributed by atoms with Crippen molar-refractivity contribution in [2.45, 2.75) is 6.54 Å². The first-order valence-corrected chi connectivity index (χ1v) is 8.55. The Morgan fingerprint density at radius 1 is 1.00 bits per heavy atom. The molecule has 0 aliphatic carbocycles. The molecule has 5 nitrogen and oxygen atoms in total. The lowest BCUT2D eigenvalue weighted by Crippen LogP contribution is -2.21. The van der Waals surface area contributed by atoms with E-state index in [0.717, 1.165) is 47.7 Å². The first-order chi connectivity index (χ1) is 12.3. The van der Waals surface area contributed by atoms with Crippen LogP contribution in [0.2, 0.25) is 5.02 Å². The predicted octanol–water partition coefficient (Wildman–Crippen LogP) is 3.82. The van der Waals surface area contributed by atoms with E-state index in [-0.39, 0.29) is 0 Å². The smallest absolute Gasteiger partial charge is 0.231 e. The number of rotatable bonds is 6. The van der Waals surface area contributed by atoms with Crippen LogP contribution in [0.4, 0.5) is 5.69 Å². The molecule has 4 rings (SSSR count). The van der Waals surface area contributed by atoms with Gasteiger partial charge >= 0.3 is 0 Å². The Hall–Kier alpha value is -2.50. The van der Waals surface area contributed by atoms with Gasteiger partial charge < -0.3 is 20.1 Å². The third-order valence-corrected chi connectivity index (χ3v) is 4.32. The summed E-state index contributed by atoms with van der Waals surface area (Å²) in [4.78, 5) is 4.35. The number of ether oxygens (including phenoxy) is 2. The number of anilines is 1. The van der Waals surface area contributed by atoms with E-state index in [0.29, 0.717) is 11.8 Å². The summed E-state index contributed by atoms with van der Waals surface area (Å²) in [6, 6.07) is 13.7. The van der Waals surface area contributed by atoms with Gasteiger partial charge in [-0.1, -0.05) is 17.7 Å². The SMILES string of the molecule is Clc1ccc2c(NCCNCc3ccc4c(c3)OCO4)ccnc2c1. The zero-order chi connectivity index (χ0) is 17.1. The highest BCUT2D eigenvalue weighted by Crippen LogP contribution is 2.32. The van der Waals surface area contributed by atoms with Gasteiger partial charge in [0.15, 0.2) is 11.5 Å². The average molecular weight is 356 g/mol. The molecule has 0 amide bonds. The molecule has 25 heavy (non-hydrogen) atoms. The quantitative estimate of drug-likeness (QED) is 0.658. The van der Waals surface area contributed by atoms with Crippen LogP contribution in [0.1, 0.15) is 5.56 Å². The van der Waals surface area contributed by atoms with Gasteiger partial charge in [0.2, 0.25) is 6.79 Å². The van der Waals surface area contributed by atoms with E-state index in [2.05, 4.69) is 15.6 Å². The number of fused-ring (bicyclic) bond motifs is 2. The zero-order valence-electron chi connectivity index (χ0n) is 13.6. The van der Waals surface area contributed by atoms with Crippen molar-refractivity contribution in [3.8, 4) is 11.5 Å². The molecule has 1 aliphatic heterocycles. The lowest BCUT2D eigenvalue weighted by atomic mass is 10.2. The van der Waals surface area contributed by atoms with Crippen LogP contribution in [0, 0.1) is 0 Å². The lowest BCUT2D eigenvalue weighted by Gasteiger charge is -2.10. The molecule has 2 aromatic carbocycles. The number of nitrogens with zero attached hydrogens (tertiary/aromatic N) is 1. The Labute approximate surface area is 150 Å². The fraction of sp³-hybridized carbons (Fsp3) is 0.211. The Kier molecular flexibility index (Phi) is 4.59. The molecule has 0 unspecified atom stereocenters. The normalized spacial score (nSPS) is 12.5. The highest BCUT2D eigenvalue weighted by atomic mass is 35.5. The van der Waals surface area contributed by atoms with E-state index in [1.807, 2.05) is 42.5 Å². The molecule has 1 aliphatic rings. The summed E-state index contributed by atoms with van der Waals surface area (Å²) in [6.07, 6.45) is 1.79. The number of benzene rings is 2. The minimum Gasteiger partial charge on any atom is -0.454 e. The van der Waals surface area contributed by atoms with Crippen LogP contribution in [0.3, 0.4) is 0 Å². The van der Waals surface area contributed by atoms with Crippen LogP contribution < -0.4 is 20.1 Å². The topological polar surface area (TPSA) is 55.4 Å². The molecular weight excluding hydrogens is 338 g/mol. The molecule has 6 heteroatoms. The first kappa shape index (κ1) is 16.0. The molecular formula is C19H18ClN3O2. The average Bonchev–Trinajstić information content (AvgIpc) is 3.09.